The van der Waals surface area contributed by atoms with Gasteiger partial charge in [-0.15, -0.1) is 0 Å². The number of hydrogen-bond donors (Lipinski definition) is 2. The SMILES string of the molecule is O=C(O)C(CCCCCOc1ccccc1)(Oc1ccccc1)C(=O)O. The van der Waals surface area contributed by atoms with E-state index in [-0.39, 0.29) is 12.2 Å². The molecule has 0 aliphatic rings. The maximum atomic E-state index is 11.6. The zero-order valence-electron chi connectivity index (χ0n) is 14.3. The summed E-state index contributed by atoms with van der Waals surface area (Å²) in [7, 11) is 0. The molecule has 2 aromatic rings. The first kappa shape index (κ1) is 19.3. The first-order valence-corrected chi connectivity index (χ1v) is 8.43. The first-order valence-electron chi connectivity index (χ1n) is 8.43. The molecule has 0 spiro atoms. The summed E-state index contributed by atoms with van der Waals surface area (Å²) in [6.07, 6.45) is 1.59. The van der Waals surface area contributed by atoms with Crippen molar-refractivity contribution in [2.75, 3.05) is 6.61 Å². The van der Waals surface area contributed by atoms with E-state index in [1.165, 1.54) is 12.1 Å². The molecule has 0 aromatic heterocycles. The Morgan fingerprint density at radius 3 is 1.85 bits per heavy atom. The predicted molar refractivity (Wildman–Crippen MR) is 95.5 cm³/mol. The Bertz CT molecular complexity index is 685. The fourth-order valence-electron chi connectivity index (χ4n) is 2.49. The average molecular weight is 358 g/mol. The highest BCUT2D eigenvalue weighted by Crippen LogP contribution is 2.25. The third-order valence-electron chi connectivity index (χ3n) is 3.91. The highest BCUT2D eigenvalue weighted by molar-refractivity contribution is 6.02. The molecule has 6 heteroatoms. The van der Waals surface area contributed by atoms with Crippen molar-refractivity contribution in [3.63, 3.8) is 0 Å². The fraction of sp³-hybridized carbons (Fsp3) is 0.300. The number of carboxylic acid groups (broad SMARTS) is 2. The number of carboxylic acids is 2. The van der Waals surface area contributed by atoms with Crippen molar-refractivity contribution in [2.24, 2.45) is 0 Å². The van der Waals surface area contributed by atoms with E-state index < -0.39 is 17.5 Å². The van der Waals surface area contributed by atoms with Gasteiger partial charge in [0, 0.05) is 6.42 Å². The third kappa shape index (κ3) is 5.24. The Balaban J connectivity index is 1.86. The molecule has 0 amide bonds. The van der Waals surface area contributed by atoms with Gasteiger partial charge in [-0.05, 0) is 43.5 Å². The van der Waals surface area contributed by atoms with Gasteiger partial charge < -0.3 is 19.7 Å². The summed E-state index contributed by atoms with van der Waals surface area (Å²) < 4.78 is 10.9. The van der Waals surface area contributed by atoms with Crippen LogP contribution in [0.15, 0.2) is 60.7 Å². The fourth-order valence-corrected chi connectivity index (χ4v) is 2.49. The van der Waals surface area contributed by atoms with Crippen LogP contribution in [-0.4, -0.2) is 34.4 Å². The van der Waals surface area contributed by atoms with E-state index >= 15 is 0 Å². The van der Waals surface area contributed by atoms with Crippen LogP contribution in [0.3, 0.4) is 0 Å². The summed E-state index contributed by atoms with van der Waals surface area (Å²) in [5.41, 5.74) is -2.29. The van der Waals surface area contributed by atoms with Gasteiger partial charge in [-0.1, -0.05) is 36.4 Å². The zero-order valence-corrected chi connectivity index (χ0v) is 14.3. The van der Waals surface area contributed by atoms with Crippen molar-refractivity contribution >= 4 is 11.9 Å². The minimum Gasteiger partial charge on any atom is -0.494 e. The molecule has 0 heterocycles. The average Bonchev–Trinajstić information content (AvgIpc) is 2.64. The van der Waals surface area contributed by atoms with Gasteiger partial charge in [-0.3, -0.25) is 0 Å². The number of hydrogen-bond acceptors (Lipinski definition) is 4. The van der Waals surface area contributed by atoms with Crippen molar-refractivity contribution in [1.29, 1.82) is 0 Å². The van der Waals surface area contributed by atoms with E-state index in [4.69, 9.17) is 9.47 Å². The summed E-state index contributed by atoms with van der Waals surface area (Å²) in [6.45, 7) is 0.483. The second-order valence-corrected chi connectivity index (χ2v) is 5.82. The van der Waals surface area contributed by atoms with Crippen molar-refractivity contribution in [1.82, 2.24) is 0 Å². The lowest BCUT2D eigenvalue weighted by molar-refractivity contribution is -0.173. The van der Waals surface area contributed by atoms with Crippen LogP contribution in [0.4, 0.5) is 0 Å². The van der Waals surface area contributed by atoms with Crippen molar-refractivity contribution in [3.8, 4) is 11.5 Å². The van der Waals surface area contributed by atoms with E-state index in [1.807, 2.05) is 30.3 Å². The van der Waals surface area contributed by atoms with E-state index in [2.05, 4.69) is 0 Å². The monoisotopic (exact) mass is 358 g/mol. The summed E-state index contributed by atoms with van der Waals surface area (Å²) in [4.78, 5) is 23.3. The number of aliphatic carboxylic acids is 2. The molecular formula is C20H22O6. The van der Waals surface area contributed by atoms with E-state index in [0.29, 0.717) is 25.9 Å². The maximum absolute atomic E-state index is 11.6. The topological polar surface area (TPSA) is 93.1 Å². The Morgan fingerprint density at radius 2 is 1.31 bits per heavy atom. The summed E-state index contributed by atoms with van der Waals surface area (Å²) in [5.74, 6) is -2.03. The van der Waals surface area contributed by atoms with Crippen LogP contribution in [-0.2, 0) is 9.59 Å². The van der Waals surface area contributed by atoms with Gasteiger partial charge in [-0.25, -0.2) is 9.59 Å². The summed E-state index contributed by atoms with van der Waals surface area (Å²) in [5, 5.41) is 19.0. The smallest absolute Gasteiger partial charge is 0.360 e. The molecule has 6 nitrogen and oxygen atoms in total. The third-order valence-corrected chi connectivity index (χ3v) is 3.91. The zero-order chi connectivity index (χ0) is 18.8. The summed E-state index contributed by atoms with van der Waals surface area (Å²) >= 11 is 0. The van der Waals surface area contributed by atoms with Gasteiger partial charge in [-0.2, -0.15) is 0 Å². The number of rotatable bonds is 11. The lowest BCUT2D eigenvalue weighted by Crippen LogP contribution is -2.51. The van der Waals surface area contributed by atoms with Gasteiger partial charge in [0.1, 0.15) is 11.5 Å². The van der Waals surface area contributed by atoms with E-state index in [0.717, 1.165) is 5.75 Å². The Labute approximate surface area is 152 Å². The second kappa shape index (κ2) is 9.46. The normalized spacial score (nSPS) is 10.9. The highest BCUT2D eigenvalue weighted by Gasteiger charge is 2.49. The second-order valence-electron chi connectivity index (χ2n) is 5.82. The molecular weight excluding hydrogens is 336 g/mol. The molecule has 2 N–H and O–H groups in total. The summed E-state index contributed by atoms with van der Waals surface area (Å²) in [6, 6.07) is 17.5. The number of para-hydroxylation sites is 2. The molecule has 0 bridgehead atoms. The predicted octanol–water partition coefficient (Wildman–Crippen LogP) is 3.61. The van der Waals surface area contributed by atoms with Crippen LogP contribution in [0.5, 0.6) is 11.5 Å². The Hall–Kier alpha value is -3.02. The van der Waals surface area contributed by atoms with Crippen LogP contribution in [0.2, 0.25) is 0 Å². The number of ether oxygens (including phenoxy) is 2. The number of carbonyl (C=O) groups is 2. The van der Waals surface area contributed by atoms with Crippen LogP contribution >= 0.6 is 0 Å². The lowest BCUT2D eigenvalue weighted by Gasteiger charge is -2.26. The van der Waals surface area contributed by atoms with Crippen molar-refractivity contribution in [2.45, 2.75) is 31.3 Å². The van der Waals surface area contributed by atoms with Gasteiger partial charge >= 0.3 is 17.5 Å². The van der Waals surface area contributed by atoms with Crippen LogP contribution < -0.4 is 9.47 Å². The Kier molecular flexibility index (Phi) is 7.02. The quantitative estimate of drug-likeness (QED) is 0.471. The molecule has 138 valence electrons. The molecule has 0 saturated carbocycles. The maximum Gasteiger partial charge on any atom is 0.360 e. The molecule has 2 aromatic carbocycles. The molecule has 0 aliphatic carbocycles. The number of benzene rings is 2. The van der Waals surface area contributed by atoms with Crippen LogP contribution in [0.1, 0.15) is 25.7 Å². The van der Waals surface area contributed by atoms with Gasteiger partial charge in [0.2, 0.25) is 0 Å². The molecule has 0 radical (unpaired) electrons. The largest absolute Gasteiger partial charge is 0.494 e. The van der Waals surface area contributed by atoms with Gasteiger partial charge in [0.05, 0.1) is 6.61 Å². The highest BCUT2D eigenvalue weighted by atomic mass is 16.6. The van der Waals surface area contributed by atoms with Gasteiger partial charge in [0.25, 0.3) is 0 Å². The Morgan fingerprint density at radius 1 is 0.769 bits per heavy atom. The molecule has 0 saturated heterocycles. The minimum absolute atomic E-state index is 0.127. The van der Waals surface area contributed by atoms with Crippen molar-refractivity contribution < 1.29 is 29.3 Å². The lowest BCUT2D eigenvalue weighted by atomic mass is 9.95. The molecule has 0 unspecified atom stereocenters. The van der Waals surface area contributed by atoms with E-state index in [9.17, 15) is 19.8 Å². The van der Waals surface area contributed by atoms with Crippen LogP contribution in [0, 0.1) is 0 Å². The van der Waals surface area contributed by atoms with Crippen LogP contribution in [0.25, 0.3) is 0 Å². The number of unbranched alkanes of at least 4 members (excludes halogenated alkanes) is 2. The minimum atomic E-state index is -2.29. The molecule has 0 aliphatic heterocycles. The molecule has 2 rings (SSSR count). The van der Waals surface area contributed by atoms with Gasteiger partial charge in [0.15, 0.2) is 0 Å². The first-order chi connectivity index (χ1) is 12.5. The molecule has 0 fully saturated rings. The molecule has 26 heavy (non-hydrogen) atoms. The standard InChI is InChI=1S/C20H22O6/c21-18(22)20(19(23)24,26-17-12-6-2-7-13-17)14-8-3-9-15-25-16-10-4-1-5-11-16/h1-2,4-7,10-13H,3,8-9,14-15H2,(H,21,22)(H,23,24). The molecule has 0 atom stereocenters. The van der Waals surface area contributed by atoms with Crippen molar-refractivity contribution in [3.05, 3.63) is 60.7 Å². The van der Waals surface area contributed by atoms with E-state index in [1.54, 1.807) is 18.2 Å².